The molecule has 142 valence electrons. The minimum Gasteiger partial charge on any atom is -0.333 e. The highest BCUT2D eigenvalue weighted by molar-refractivity contribution is 7.93. The lowest BCUT2D eigenvalue weighted by atomic mass is 10.2. The lowest BCUT2D eigenvalue weighted by molar-refractivity contribution is 0.432. The van der Waals surface area contributed by atoms with Gasteiger partial charge in [-0.05, 0) is 35.7 Å². The predicted molar refractivity (Wildman–Crippen MR) is 105 cm³/mol. The van der Waals surface area contributed by atoms with Crippen molar-refractivity contribution in [2.24, 2.45) is 0 Å². The largest absolute Gasteiger partial charge is 0.333 e. The van der Waals surface area contributed by atoms with Crippen molar-refractivity contribution in [3.63, 3.8) is 0 Å². The van der Waals surface area contributed by atoms with E-state index >= 15 is 0 Å². The minimum absolute atomic E-state index is 0.0487. The Kier molecular flexibility index (Phi) is 4.70. The van der Waals surface area contributed by atoms with E-state index in [4.69, 9.17) is 4.52 Å². The van der Waals surface area contributed by atoms with E-state index in [-0.39, 0.29) is 10.8 Å². The van der Waals surface area contributed by atoms with Gasteiger partial charge in [-0.2, -0.15) is 4.98 Å². The smallest absolute Gasteiger partial charge is 0.269 e. The number of rotatable bonds is 5. The van der Waals surface area contributed by atoms with Gasteiger partial charge >= 0.3 is 0 Å². The van der Waals surface area contributed by atoms with E-state index in [1.807, 2.05) is 30.3 Å². The topological polar surface area (TPSA) is 76.3 Å². The molecule has 0 saturated carbocycles. The van der Waals surface area contributed by atoms with Gasteiger partial charge in [-0.25, -0.2) is 12.8 Å². The van der Waals surface area contributed by atoms with Gasteiger partial charge in [0.2, 0.25) is 5.82 Å². The third kappa shape index (κ3) is 3.30. The summed E-state index contributed by atoms with van der Waals surface area (Å²) >= 11 is 1.19. The molecule has 0 aliphatic heterocycles. The molecule has 0 unspecified atom stereocenters. The highest BCUT2D eigenvalue weighted by atomic mass is 32.2. The van der Waals surface area contributed by atoms with Crippen molar-refractivity contribution < 1.29 is 17.3 Å². The summed E-state index contributed by atoms with van der Waals surface area (Å²) in [6.45, 7) is 0. The molecule has 2 aromatic heterocycles. The van der Waals surface area contributed by atoms with Crippen molar-refractivity contribution >= 4 is 27.0 Å². The number of benzene rings is 2. The van der Waals surface area contributed by atoms with Crippen LogP contribution in [0.3, 0.4) is 0 Å². The number of sulfonamides is 1. The number of aromatic nitrogens is 2. The van der Waals surface area contributed by atoms with Gasteiger partial charge in [0, 0.05) is 12.6 Å². The maximum atomic E-state index is 13.2. The molecule has 9 heteroatoms. The van der Waals surface area contributed by atoms with Crippen molar-refractivity contribution in [1.82, 2.24) is 10.1 Å². The van der Waals surface area contributed by atoms with E-state index in [0.29, 0.717) is 16.4 Å². The number of nitrogens with zero attached hydrogens (tertiary/aromatic N) is 3. The summed E-state index contributed by atoms with van der Waals surface area (Å²) in [5.74, 6) is 0.0595. The standard InChI is InChI=1S/C19H14FN3O3S2/c1-23(15-9-7-14(20)8-10-15)28(24,25)16-11-12-27-17(16)19-21-18(22-26-19)13-5-3-2-4-6-13/h2-12H,1H3. The van der Waals surface area contributed by atoms with E-state index in [1.165, 1.54) is 48.7 Å². The first-order chi connectivity index (χ1) is 13.5. The van der Waals surface area contributed by atoms with Gasteiger partial charge in [0.05, 0.1) is 5.69 Å². The number of halogens is 1. The summed E-state index contributed by atoms with van der Waals surface area (Å²) in [7, 11) is -2.49. The van der Waals surface area contributed by atoms with Gasteiger partial charge in [0.25, 0.3) is 15.9 Å². The Hall–Kier alpha value is -3.04. The first-order valence-electron chi connectivity index (χ1n) is 8.18. The molecule has 0 amide bonds. The zero-order valence-electron chi connectivity index (χ0n) is 14.6. The average molecular weight is 415 g/mol. The van der Waals surface area contributed by atoms with Crippen molar-refractivity contribution in [3.05, 3.63) is 71.9 Å². The second kappa shape index (κ2) is 7.17. The van der Waals surface area contributed by atoms with Gasteiger partial charge in [-0.3, -0.25) is 4.31 Å². The van der Waals surface area contributed by atoms with Crippen molar-refractivity contribution in [1.29, 1.82) is 0 Å². The highest BCUT2D eigenvalue weighted by Crippen LogP contribution is 2.35. The van der Waals surface area contributed by atoms with Gasteiger partial charge in [0.1, 0.15) is 15.6 Å². The van der Waals surface area contributed by atoms with Gasteiger partial charge in [-0.15, -0.1) is 11.3 Å². The third-order valence-corrected chi connectivity index (χ3v) is 6.97. The average Bonchev–Trinajstić information content (AvgIpc) is 3.38. The molecule has 0 aliphatic rings. The third-order valence-electron chi connectivity index (χ3n) is 4.11. The summed E-state index contributed by atoms with van der Waals surface area (Å²) in [4.78, 5) is 4.74. The van der Waals surface area contributed by atoms with E-state index in [1.54, 1.807) is 5.38 Å². The molecule has 0 aliphatic carbocycles. The van der Waals surface area contributed by atoms with E-state index in [9.17, 15) is 12.8 Å². The minimum atomic E-state index is -3.90. The Balaban J connectivity index is 1.71. The molecule has 4 aromatic rings. The maximum absolute atomic E-state index is 13.2. The first kappa shape index (κ1) is 18.3. The van der Waals surface area contributed by atoms with Crippen LogP contribution in [0, 0.1) is 5.82 Å². The monoisotopic (exact) mass is 415 g/mol. The van der Waals surface area contributed by atoms with E-state index in [2.05, 4.69) is 10.1 Å². The molecule has 0 atom stereocenters. The molecular weight excluding hydrogens is 401 g/mol. The summed E-state index contributed by atoms with van der Waals surface area (Å²) in [6.07, 6.45) is 0. The fourth-order valence-corrected chi connectivity index (χ4v) is 5.12. The molecule has 28 heavy (non-hydrogen) atoms. The molecule has 0 spiro atoms. The summed E-state index contributed by atoms with van der Waals surface area (Å²) in [5.41, 5.74) is 1.11. The number of anilines is 1. The molecule has 0 radical (unpaired) electrons. The van der Waals surface area contributed by atoms with Crippen LogP contribution >= 0.6 is 11.3 Å². The summed E-state index contributed by atoms with van der Waals surface area (Å²) in [6, 6.07) is 16.0. The van der Waals surface area contributed by atoms with Crippen LogP contribution in [-0.2, 0) is 10.0 Å². The number of hydrogen-bond donors (Lipinski definition) is 0. The second-order valence-electron chi connectivity index (χ2n) is 5.85. The summed E-state index contributed by atoms with van der Waals surface area (Å²) in [5, 5.41) is 5.59. The van der Waals surface area contributed by atoms with Crippen LogP contribution < -0.4 is 4.31 Å². The van der Waals surface area contributed by atoms with Gasteiger partial charge in [-0.1, -0.05) is 35.5 Å². The molecule has 2 aromatic carbocycles. The Morgan fingerprint density at radius 3 is 2.46 bits per heavy atom. The number of hydrogen-bond acceptors (Lipinski definition) is 6. The Labute approximate surface area is 164 Å². The van der Waals surface area contributed by atoms with Crippen LogP contribution in [-0.4, -0.2) is 25.6 Å². The molecule has 2 heterocycles. The normalized spacial score (nSPS) is 11.5. The van der Waals surface area contributed by atoms with Crippen LogP contribution in [0.2, 0.25) is 0 Å². The predicted octanol–water partition coefficient (Wildman–Crippen LogP) is 4.43. The second-order valence-corrected chi connectivity index (χ2v) is 8.71. The van der Waals surface area contributed by atoms with Gasteiger partial charge < -0.3 is 4.52 Å². The molecule has 0 fully saturated rings. The highest BCUT2D eigenvalue weighted by Gasteiger charge is 2.28. The summed E-state index contributed by atoms with van der Waals surface area (Å²) < 4.78 is 45.8. The lowest BCUT2D eigenvalue weighted by Gasteiger charge is -2.19. The van der Waals surface area contributed by atoms with Crippen LogP contribution in [0.25, 0.3) is 22.2 Å². The van der Waals surface area contributed by atoms with Crippen LogP contribution in [0.15, 0.2) is 75.5 Å². The van der Waals surface area contributed by atoms with Gasteiger partial charge in [0.15, 0.2) is 0 Å². The van der Waals surface area contributed by atoms with Crippen LogP contribution in [0.5, 0.6) is 0 Å². The molecule has 0 bridgehead atoms. The zero-order chi connectivity index (χ0) is 19.7. The molecule has 4 rings (SSSR count). The molecular formula is C19H14FN3O3S2. The van der Waals surface area contributed by atoms with Crippen molar-refractivity contribution in [3.8, 4) is 22.2 Å². The SMILES string of the molecule is CN(c1ccc(F)cc1)S(=O)(=O)c1ccsc1-c1nc(-c2ccccc2)no1. The van der Waals surface area contributed by atoms with Crippen molar-refractivity contribution in [2.75, 3.05) is 11.4 Å². The Morgan fingerprint density at radius 1 is 1.04 bits per heavy atom. The van der Waals surface area contributed by atoms with Crippen molar-refractivity contribution in [2.45, 2.75) is 4.90 Å². The quantitative estimate of drug-likeness (QED) is 0.482. The Bertz CT molecular complexity index is 1200. The Morgan fingerprint density at radius 2 is 1.75 bits per heavy atom. The van der Waals surface area contributed by atoms with Crippen LogP contribution in [0.1, 0.15) is 0 Å². The number of thiophene rings is 1. The van der Waals surface area contributed by atoms with E-state index < -0.39 is 15.8 Å². The van der Waals surface area contributed by atoms with E-state index in [0.717, 1.165) is 9.87 Å². The molecule has 0 N–H and O–H groups in total. The fourth-order valence-electron chi connectivity index (χ4n) is 2.61. The fraction of sp³-hybridized carbons (Fsp3) is 0.0526. The lowest BCUT2D eigenvalue weighted by Crippen LogP contribution is -2.26. The van der Waals surface area contributed by atoms with Crippen LogP contribution in [0.4, 0.5) is 10.1 Å². The molecule has 0 saturated heterocycles. The first-order valence-corrected chi connectivity index (χ1v) is 10.5. The molecule has 6 nitrogen and oxygen atoms in total. The zero-order valence-corrected chi connectivity index (χ0v) is 16.2. The maximum Gasteiger partial charge on any atom is 0.269 e.